The molecule has 20 heavy (non-hydrogen) atoms. The summed E-state index contributed by atoms with van der Waals surface area (Å²) in [5, 5.41) is 3.50. The molecule has 0 saturated carbocycles. The van der Waals surface area contributed by atoms with E-state index in [2.05, 4.69) is 58.0 Å². The molecule has 1 aliphatic heterocycles. The topological polar surface area (TPSA) is 28.2 Å². The van der Waals surface area contributed by atoms with Gasteiger partial charge in [-0.15, -0.1) is 0 Å². The van der Waals surface area contributed by atoms with Crippen molar-refractivity contribution in [3.05, 3.63) is 22.3 Å². The molecule has 1 unspecified atom stereocenters. The van der Waals surface area contributed by atoms with Crippen molar-refractivity contribution in [2.45, 2.75) is 52.6 Å². The lowest BCUT2D eigenvalue weighted by Gasteiger charge is -2.22. The van der Waals surface area contributed by atoms with E-state index in [1.165, 1.54) is 30.6 Å². The Morgan fingerprint density at radius 2 is 2.30 bits per heavy atom. The third-order valence-electron chi connectivity index (χ3n) is 3.89. The number of nitrogens with one attached hydrogen (secondary N) is 1. The van der Waals surface area contributed by atoms with Crippen molar-refractivity contribution >= 4 is 21.7 Å². The van der Waals surface area contributed by atoms with Crippen LogP contribution in [0.1, 0.15) is 45.6 Å². The molecule has 0 radical (unpaired) electrons. The fourth-order valence-corrected chi connectivity index (χ4v) is 3.25. The molecule has 0 aromatic carbocycles. The maximum atomic E-state index is 4.67. The Hall–Kier alpha value is -0.610. The molecule has 112 valence electrons. The van der Waals surface area contributed by atoms with E-state index >= 15 is 0 Å². The van der Waals surface area contributed by atoms with Gasteiger partial charge in [0.25, 0.3) is 0 Å². The van der Waals surface area contributed by atoms with Crippen molar-refractivity contribution in [3.8, 4) is 0 Å². The Balaban J connectivity index is 2.10. The summed E-state index contributed by atoms with van der Waals surface area (Å²) in [4.78, 5) is 7.13. The predicted octanol–water partition coefficient (Wildman–Crippen LogP) is 3.97. The number of pyridine rings is 1. The fraction of sp³-hybridized carbons (Fsp3) is 0.688. The second-order valence-electron chi connectivity index (χ2n) is 6.06. The van der Waals surface area contributed by atoms with E-state index in [1.807, 2.05) is 6.20 Å². The van der Waals surface area contributed by atoms with Crippen LogP contribution in [0.2, 0.25) is 0 Å². The van der Waals surface area contributed by atoms with E-state index in [0.717, 1.165) is 30.0 Å². The molecule has 1 fully saturated rings. The maximum absolute atomic E-state index is 4.67. The van der Waals surface area contributed by atoms with Crippen LogP contribution in [0, 0.1) is 5.92 Å². The number of hydrogen-bond donors (Lipinski definition) is 1. The minimum absolute atomic E-state index is 0.494. The van der Waals surface area contributed by atoms with E-state index in [-0.39, 0.29) is 0 Å². The van der Waals surface area contributed by atoms with Gasteiger partial charge in [-0.1, -0.05) is 27.2 Å². The first kappa shape index (κ1) is 15.8. The Bertz CT molecular complexity index is 434. The van der Waals surface area contributed by atoms with Gasteiger partial charge in [-0.25, -0.2) is 4.98 Å². The van der Waals surface area contributed by atoms with Crippen molar-refractivity contribution in [2.75, 3.05) is 18.0 Å². The Kier molecular flexibility index (Phi) is 5.85. The van der Waals surface area contributed by atoms with Gasteiger partial charge >= 0.3 is 0 Å². The van der Waals surface area contributed by atoms with Gasteiger partial charge in [0.1, 0.15) is 5.82 Å². The second-order valence-corrected chi connectivity index (χ2v) is 6.98. The number of hydrogen-bond acceptors (Lipinski definition) is 3. The van der Waals surface area contributed by atoms with Gasteiger partial charge in [0, 0.05) is 41.9 Å². The highest BCUT2D eigenvalue weighted by molar-refractivity contribution is 9.10. The number of anilines is 1. The summed E-state index contributed by atoms with van der Waals surface area (Å²) in [6.45, 7) is 9.83. The molecule has 3 nitrogen and oxygen atoms in total. The largest absolute Gasteiger partial charge is 0.356 e. The van der Waals surface area contributed by atoms with E-state index in [4.69, 9.17) is 0 Å². The van der Waals surface area contributed by atoms with Crippen molar-refractivity contribution in [2.24, 2.45) is 5.92 Å². The lowest BCUT2D eigenvalue weighted by Crippen LogP contribution is -2.26. The van der Waals surface area contributed by atoms with Crippen molar-refractivity contribution in [3.63, 3.8) is 0 Å². The van der Waals surface area contributed by atoms with Crippen LogP contribution in [0.4, 0.5) is 5.82 Å². The zero-order valence-corrected chi connectivity index (χ0v) is 14.4. The molecule has 1 aromatic rings. The lowest BCUT2D eigenvalue weighted by molar-refractivity contribution is 0.529. The van der Waals surface area contributed by atoms with Crippen molar-refractivity contribution in [1.82, 2.24) is 10.3 Å². The zero-order valence-electron chi connectivity index (χ0n) is 12.8. The quantitative estimate of drug-likeness (QED) is 0.849. The fourth-order valence-electron chi connectivity index (χ4n) is 2.87. The predicted molar refractivity (Wildman–Crippen MR) is 89.1 cm³/mol. The third-order valence-corrected chi connectivity index (χ3v) is 4.33. The number of rotatable bonds is 6. The zero-order chi connectivity index (χ0) is 14.5. The molecule has 0 aliphatic carbocycles. The molecule has 1 atom stereocenters. The standard InChI is InChI=1S/C16H26BrN3/c1-4-5-13-6-7-20(11-13)16-14(9-18-12(2)3)8-15(17)10-19-16/h8,10,12-13,18H,4-7,9,11H2,1-3H3. The summed E-state index contributed by atoms with van der Waals surface area (Å²) in [5.41, 5.74) is 1.30. The molecule has 0 amide bonds. The molecule has 0 spiro atoms. The smallest absolute Gasteiger partial charge is 0.133 e. The molecule has 1 saturated heterocycles. The average molecular weight is 340 g/mol. The van der Waals surface area contributed by atoms with Crippen LogP contribution >= 0.6 is 15.9 Å². The third kappa shape index (κ3) is 4.19. The summed E-state index contributed by atoms with van der Waals surface area (Å²) in [6.07, 6.45) is 5.85. The first-order valence-corrected chi connectivity index (χ1v) is 8.52. The highest BCUT2D eigenvalue weighted by atomic mass is 79.9. The summed E-state index contributed by atoms with van der Waals surface area (Å²) in [6, 6.07) is 2.69. The van der Waals surface area contributed by atoms with E-state index < -0.39 is 0 Å². The SMILES string of the molecule is CCCC1CCN(c2ncc(Br)cc2CNC(C)C)C1. The molecular formula is C16H26BrN3. The maximum Gasteiger partial charge on any atom is 0.133 e. The molecule has 0 bridgehead atoms. The summed E-state index contributed by atoms with van der Waals surface area (Å²) in [5.74, 6) is 2.01. The van der Waals surface area contributed by atoms with Gasteiger partial charge in [-0.2, -0.15) is 0 Å². The Labute approximate surface area is 131 Å². The van der Waals surface area contributed by atoms with Crippen molar-refractivity contribution < 1.29 is 0 Å². The molecule has 1 aromatic heterocycles. The molecular weight excluding hydrogens is 314 g/mol. The molecule has 2 heterocycles. The Morgan fingerprint density at radius 3 is 3.00 bits per heavy atom. The molecule has 1 aliphatic rings. The highest BCUT2D eigenvalue weighted by Crippen LogP contribution is 2.29. The van der Waals surface area contributed by atoms with Gasteiger partial charge in [-0.3, -0.25) is 0 Å². The van der Waals surface area contributed by atoms with Gasteiger partial charge in [-0.05, 0) is 40.8 Å². The first-order valence-electron chi connectivity index (χ1n) is 7.73. The minimum Gasteiger partial charge on any atom is -0.356 e. The van der Waals surface area contributed by atoms with Crippen LogP contribution in [-0.4, -0.2) is 24.1 Å². The molecule has 4 heteroatoms. The summed E-state index contributed by atoms with van der Waals surface area (Å²) in [7, 11) is 0. The lowest BCUT2D eigenvalue weighted by atomic mass is 10.0. The monoisotopic (exact) mass is 339 g/mol. The van der Waals surface area contributed by atoms with Gasteiger partial charge in [0.2, 0.25) is 0 Å². The highest BCUT2D eigenvalue weighted by Gasteiger charge is 2.24. The van der Waals surface area contributed by atoms with Gasteiger partial charge in [0.15, 0.2) is 0 Å². The molecule has 1 N–H and O–H groups in total. The summed E-state index contributed by atoms with van der Waals surface area (Å²) >= 11 is 3.54. The van der Waals surface area contributed by atoms with Crippen LogP contribution in [0.15, 0.2) is 16.7 Å². The Morgan fingerprint density at radius 1 is 1.50 bits per heavy atom. The second kappa shape index (κ2) is 7.41. The van der Waals surface area contributed by atoms with Crippen LogP contribution in [0.5, 0.6) is 0 Å². The normalized spacial score (nSPS) is 19.1. The van der Waals surface area contributed by atoms with Crippen LogP contribution in [0.25, 0.3) is 0 Å². The van der Waals surface area contributed by atoms with Crippen molar-refractivity contribution in [1.29, 1.82) is 0 Å². The van der Waals surface area contributed by atoms with Gasteiger partial charge in [0.05, 0.1) is 0 Å². The summed E-state index contributed by atoms with van der Waals surface area (Å²) < 4.78 is 1.06. The van der Waals surface area contributed by atoms with Crippen LogP contribution in [0.3, 0.4) is 0 Å². The number of halogens is 1. The van der Waals surface area contributed by atoms with Crippen LogP contribution in [-0.2, 0) is 6.54 Å². The van der Waals surface area contributed by atoms with E-state index in [1.54, 1.807) is 0 Å². The number of nitrogens with zero attached hydrogens (tertiary/aromatic N) is 2. The van der Waals surface area contributed by atoms with E-state index in [0.29, 0.717) is 6.04 Å². The number of aromatic nitrogens is 1. The van der Waals surface area contributed by atoms with Crippen LogP contribution < -0.4 is 10.2 Å². The van der Waals surface area contributed by atoms with Gasteiger partial charge < -0.3 is 10.2 Å². The minimum atomic E-state index is 0.494. The average Bonchev–Trinajstić information content (AvgIpc) is 2.85. The van der Waals surface area contributed by atoms with E-state index in [9.17, 15) is 0 Å². The first-order chi connectivity index (χ1) is 9.60. The molecule has 2 rings (SSSR count).